The Morgan fingerprint density at radius 2 is 2.11 bits per heavy atom. The minimum absolute atomic E-state index is 0. The molecule has 1 aromatic carbocycles. The second-order valence-corrected chi connectivity index (χ2v) is 7.12. The number of carbonyl (C=O) groups excluding carboxylic acids is 1. The molecule has 0 aromatic heterocycles. The summed E-state index contributed by atoms with van der Waals surface area (Å²) in [5.74, 6) is 1.92. The van der Waals surface area contributed by atoms with Crippen molar-refractivity contribution in [3.8, 4) is 5.75 Å². The largest absolute Gasteiger partial charge is 0.497 e. The molecule has 0 aliphatic carbocycles. The quantitative estimate of drug-likeness (QED) is 0.367. The van der Waals surface area contributed by atoms with Crippen LogP contribution in [0.2, 0.25) is 0 Å². The molecule has 2 rings (SSSR count). The predicted octanol–water partition coefficient (Wildman–Crippen LogP) is 2.93. The van der Waals surface area contributed by atoms with Gasteiger partial charge in [0.15, 0.2) is 5.96 Å². The predicted molar refractivity (Wildman–Crippen MR) is 121 cm³/mol. The number of nitrogens with zero attached hydrogens (tertiary/aromatic N) is 2. The molecular formula is C20H33IN4O2. The van der Waals surface area contributed by atoms with E-state index < -0.39 is 0 Å². The van der Waals surface area contributed by atoms with E-state index in [9.17, 15) is 4.79 Å². The highest BCUT2D eigenvalue weighted by Gasteiger charge is 2.27. The van der Waals surface area contributed by atoms with Gasteiger partial charge in [-0.05, 0) is 43.5 Å². The van der Waals surface area contributed by atoms with Gasteiger partial charge in [-0.15, -0.1) is 24.0 Å². The van der Waals surface area contributed by atoms with E-state index in [-0.39, 0.29) is 41.8 Å². The van der Waals surface area contributed by atoms with Gasteiger partial charge in [-0.25, -0.2) is 4.99 Å². The molecule has 0 saturated carbocycles. The first-order chi connectivity index (χ1) is 12.4. The first-order valence-corrected chi connectivity index (χ1v) is 9.41. The second kappa shape index (κ2) is 11.4. The van der Waals surface area contributed by atoms with Crippen molar-refractivity contribution in [3.05, 3.63) is 29.3 Å². The number of rotatable bonds is 6. The number of guanidine groups is 1. The monoisotopic (exact) mass is 488 g/mol. The van der Waals surface area contributed by atoms with Gasteiger partial charge in [0.1, 0.15) is 5.75 Å². The number of benzene rings is 1. The normalized spacial score (nSPS) is 16.9. The lowest BCUT2D eigenvalue weighted by Crippen LogP contribution is -2.45. The number of carbonyl (C=O) groups is 1. The zero-order chi connectivity index (χ0) is 19.1. The molecule has 0 spiro atoms. The van der Waals surface area contributed by atoms with Crippen molar-refractivity contribution < 1.29 is 9.53 Å². The summed E-state index contributed by atoms with van der Waals surface area (Å²) in [5, 5.41) is 6.76. The fourth-order valence-corrected chi connectivity index (χ4v) is 3.16. The van der Waals surface area contributed by atoms with Crippen LogP contribution >= 0.6 is 24.0 Å². The van der Waals surface area contributed by atoms with Crippen molar-refractivity contribution in [2.24, 2.45) is 10.9 Å². The highest BCUT2D eigenvalue weighted by atomic mass is 127. The summed E-state index contributed by atoms with van der Waals surface area (Å²) >= 11 is 0. The number of ether oxygens (including phenoxy) is 1. The SMILES string of the molecule is CCNC(=NCc1cc(C)cc(OC)c1)NC1CCN(C(=O)C(C)C)C1.I. The fourth-order valence-electron chi connectivity index (χ4n) is 3.16. The van der Waals surface area contributed by atoms with Crippen LogP contribution in [-0.2, 0) is 11.3 Å². The Kier molecular flexibility index (Phi) is 9.90. The lowest BCUT2D eigenvalue weighted by molar-refractivity contribution is -0.133. The summed E-state index contributed by atoms with van der Waals surface area (Å²) in [7, 11) is 1.68. The van der Waals surface area contributed by atoms with Crippen molar-refractivity contribution in [2.75, 3.05) is 26.7 Å². The molecule has 7 heteroatoms. The summed E-state index contributed by atoms with van der Waals surface area (Å²) in [6.45, 7) is 10.9. The number of halogens is 1. The average Bonchev–Trinajstić information content (AvgIpc) is 3.07. The molecule has 1 saturated heterocycles. The maximum atomic E-state index is 12.1. The molecule has 1 amide bonds. The Balaban J connectivity index is 0.00000364. The first kappa shape index (κ1) is 23.5. The van der Waals surface area contributed by atoms with E-state index in [4.69, 9.17) is 9.73 Å². The molecule has 1 aliphatic rings. The van der Waals surface area contributed by atoms with Crippen molar-refractivity contribution in [1.29, 1.82) is 0 Å². The van der Waals surface area contributed by atoms with E-state index in [2.05, 4.69) is 30.5 Å². The molecular weight excluding hydrogens is 455 g/mol. The summed E-state index contributed by atoms with van der Waals surface area (Å²) in [4.78, 5) is 18.8. The van der Waals surface area contributed by atoms with Crippen molar-refractivity contribution in [1.82, 2.24) is 15.5 Å². The Hall–Kier alpha value is -1.51. The smallest absolute Gasteiger partial charge is 0.225 e. The average molecular weight is 488 g/mol. The van der Waals surface area contributed by atoms with Gasteiger partial charge in [0, 0.05) is 31.6 Å². The molecule has 1 heterocycles. The lowest BCUT2D eigenvalue weighted by Gasteiger charge is -2.20. The number of aryl methyl sites for hydroxylation is 1. The highest BCUT2D eigenvalue weighted by Crippen LogP contribution is 2.17. The molecule has 152 valence electrons. The molecule has 1 aliphatic heterocycles. The van der Waals surface area contributed by atoms with Crippen molar-refractivity contribution in [2.45, 2.75) is 46.7 Å². The molecule has 1 fully saturated rings. The van der Waals surface area contributed by atoms with Crippen LogP contribution < -0.4 is 15.4 Å². The minimum Gasteiger partial charge on any atom is -0.497 e. The molecule has 6 nitrogen and oxygen atoms in total. The molecule has 1 aromatic rings. The van der Waals surface area contributed by atoms with Gasteiger partial charge < -0.3 is 20.3 Å². The van der Waals surface area contributed by atoms with Crippen LogP contribution in [0.3, 0.4) is 0 Å². The Morgan fingerprint density at radius 1 is 1.37 bits per heavy atom. The zero-order valence-electron chi connectivity index (χ0n) is 17.0. The standard InChI is InChI=1S/C20H32N4O2.HI/c1-6-21-20(22-12-16-9-15(4)10-18(11-16)26-5)23-17-7-8-24(13-17)19(25)14(2)3;/h9-11,14,17H,6-8,12-13H2,1-5H3,(H2,21,22,23);1H. The number of amides is 1. The first-order valence-electron chi connectivity index (χ1n) is 9.41. The van der Waals surface area contributed by atoms with E-state index in [0.29, 0.717) is 6.54 Å². The number of likely N-dealkylation sites (tertiary alicyclic amines) is 1. The number of nitrogens with one attached hydrogen (secondary N) is 2. The second-order valence-electron chi connectivity index (χ2n) is 7.12. The van der Waals surface area contributed by atoms with E-state index in [1.54, 1.807) is 7.11 Å². The van der Waals surface area contributed by atoms with Gasteiger partial charge >= 0.3 is 0 Å². The van der Waals surface area contributed by atoms with Gasteiger partial charge in [0.05, 0.1) is 13.7 Å². The van der Waals surface area contributed by atoms with Crippen LogP contribution in [0.4, 0.5) is 0 Å². The maximum Gasteiger partial charge on any atom is 0.225 e. The van der Waals surface area contributed by atoms with Gasteiger partial charge in [-0.2, -0.15) is 0 Å². The summed E-state index contributed by atoms with van der Waals surface area (Å²) in [6, 6.07) is 6.38. The summed E-state index contributed by atoms with van der Waals surface area (Å²) in [5.41, 5.74) is 2.27. The van der Waals surface area contributed by atoms with Crippen LogP contribution in [-0.4, -0.2) is 49.6 Å². The van der Waals surface area contributed by atoms with Crippen LogP contribution in [0.1, 0.15) is 38.3 Å². The van der Waals surface area contributed by atoms with E-state index in [1.807, 2.05) is 30.9 Å². The van der Waals surface area contributed by atoms with E-state index in [0.717, 1.165) is 48.9 Å². The Labute approximate surface area is 180 Å². The number of hydrogen-bond donors (Lipinski definition) is 2. The molecule has 0 bridgehead atoms. The van der Waals surface area contributed by atoms with E-state index in [1.165, 1.54) is 0 Å². The topological polar surface area (TPSA) is 66.0 Å². The van der Waals surface area contributed by atoms with Gasteiger partial charge in [0.2, 0.25) is 5.91 Å². The third kappa shape index (κ3) is 7.20. The minimum atomic E-state index is 0. The number of aliphatic imine (C=N–C) groups is 1. The number of hydrogen-bond acceptors (Lipinski definition) is 3. The highest BCUT2D eigenvalue weighted by molar-refractivity contribution is 14.0. The molecule has 0 radical (unpaired) electrons. The van der Waals surface area contributed by atoms with E-state index >= 15 is 0 Å². The van der Waals surface area contributed by atoms with Crippen LogP contribution in [0.15, 0.2) is 23.2 Å². The number of methoxy groups -OCH3 is 1. The molecule has 27 heavy (non-hydrogen) atoms. The Morgan fingerprint density at radius 3 is 2.74 bits per heavy atom. The van der Waals surface area contributed by atoms with Crippen LogP contribution in [0.5, 0.6) is 5.75 Å². The maximum absolute atomic E-state index is 12.1. The van der Waals surface area contributed by atoms with Crippen LogP contribution in [0.25, 0.3) is 0 Å². The Bertz CT molecular complexity index is 649. The molecule has 2 N–H and O–H groups in total. The lowest BCUT2D eigenvalue weighted by atomic mass is 10.1. The fraction of sp³-hybridized carbons (Fsp3) is 0.600. The van der Waals surface area contributed by atoms with Gasteiger partial charge in [0.25, 0.3) is 0 Å². The molecule has 1 atom stereocenters. The summed E-state index contributed by atoms with van der Waals surface area (Å²) < 4.78 is 5.33. The van der Waals surface area contributed by atoms with Crippen LogP contribution in [0, 0.1) is 12.8 Å². The zero-order valence-corrected chi connectivity index (χ0v) is 19.4. The van der Waals surface area contributed by atoms with Gasteiger partial charge in [-0.3, -0.25) is 4.79 Å². The third-order valence-corrected chi connectivity index (χ3v) is 4.44. The summed E-state index contributed by atoms with van der Waals surface area (Å²) in [6.07, 6.45) is 0.946. The third-order valence-electron chi connectivity index (χ3n) is 4.44. The van der Waals surface area contributed by atoms with Crippen molar-refractivity contribution >= 4 is 35.8 Å². The van der Waals surface area contributed by atoms with Gasteiger partial charge in [-0.1, -0.05) is 19.9 Å². The van der Waals surface area contributed by atoms with Crippen molar-refractivity contribution in [3.63, 3.8) is 0 Å². The molecule has 1 unspecified atom stereocenters.